The first-order valence-electron chi connectivity index (χ1n) is 28.1. The van der Waals surface area contributed by atoms with Gasteiger partial charge in [0, 0.05) is 12.8 Å². The summed E-state index contributed by atoms with van der Waals surface area (Å²) in [4.78, 5) is 37.9. The van der Waals surface area contributed by atoms with Gasteiger partial charge in [0.15, 0.2) is 6.10 Å². The summed E-state index contributed by atoms with van der Waals surface area (Å²) in [7, 11) is 0. The lowest BCUT2D eigenvalue weighted by Crippen LogP contribution is -2.30. The smallest absolute Gasteiger partial charge is 0.310 e. The molecule has 0 heterocycles. The molecule has 384 valence electrons. The zero-order valence-electron chi connectivity index (χ0n) is 43.9. The second kappa shape index (κ2) is 55.2. The van der Waals surface area contributed by atoms with Crippen LogP contribution < -0.4 is 0 Å². The van der Waals surface area contributed by atoms with Gasteiger partial charge in [0.05, 0.1) is 6.42 Å². The van der Waals surface area contributed by atoms with E-state index in [0.717, 1.165) is 77.0 Å². The van der Waals surface area contributed by atoms with Crippen molar-refractivity contribution in [2.75, 3.05) is 13.2 Å². The summed E-state index contributed by atoms with van der Waals surface area (Å²) in [6, 6.07) is 0. The molecular weight excluding hydrogens is 829 g/mol. The number of hydrogen-bond donors (Lipinski definition) is 0. The SMILES string of the molecule is CC/C=C\C/C=C\C/C=C\C/C=C\C/C=C\CC(=O)OC(COC(=O)CCCCCCCCCCC)COC(=O)CCCCCCCCCCCCCCC/C=C\C/C=C\CCCCCCC. The highest BCUT2D eigenvalue weighted by Crippen LogP contribution is 2.15. The second-order valence-electron chi connectivity index (χ2n) is 18.5. The number of allylic oxidation sites excluding steroid dienone is 13. The minimum absolute atomic E-state index is 0.0979. The molecule has 1 unspecified atom stereocenters. The highest BCUT2D eigenvalue weighted by Gasteiger charge is 2.19. The summed E-state index contributed by atoms with van der Waals surface area (Å²) in [5.74, 6) is -1.04. The Bertz CT molecular complexity index is 1300. The monoisotopic (exact) mass is 933 g/mol. The molecule has 0 radical (unpaired) electrons. The molecule has 67 heavy (non-hydrogen) atoms. The van der Waals surface area contributed by atoms with E-state index in [9.17, 15) is 14.4 Å². The summed E-state index contributed by atoms with van der Waals surface area (Å²) in [6.45, 7) is 6.42. The quantitative estimate of drug-likeness (QED) is 0.0262. The van der Waals surface area contributed by atoms with Crippen molar-refractivity contribution >= 4 is 17.9 Å². The molecule has 0 bridgehead atoms. The van der Waals surface area contributed by atoms with Gasteiger partial charge in [0.2, 0.25) is 0 Å². The van der Waals surface area contributed by atoms with Crippen molar-refractivity contribution in [2.45, 2.75) is 271 Å². The van der Waals surface area contributed by atoms with Crippen LogP contribution in [0.2, 0.25) is 0 Å². The van der Waals surface area contributed by atoms with Gasteiger partial charge in [-0.1, -0.05) is 254 Å². The molecule has 0 saturated carbocycles. The maximum atomic E-state index is 12.7. The zero-order valence-corrected chi connectivity index (χ0v) is 43.9. The second-order valence-corrected chi connectivity index (χ2v) is 18.5. The topological polar surface area (TPSA) is 78.9 Å². The molecule has 0 aliphatic carbocycles. The predicted molar refractivity (Wildman–Crippen MR) is 288 cm³/mol. The molecule has 0 aromatic carbocycles. The highest BCUT2D eigenvalue weighted by molar-refractivity contribution is 5.72. The van der Waals surface area contributed by atoms with Gasteiger partial charge in [0.1, 0.15) is 13.2 Å². The third-order valence-corrected chi connectivity index (χ3v) is 11.9. The molecule has 0 aliphatic heterocycles. The Kier molecular flexibility index (Phi) is 52.4. The van der Waals surface area contributed by atoms with Gasteiger partial charge in [0.25, 0.3) is 0 Å². The molecule has 6 heteroatoms. The van der Waals surface area contributed by atoms with Crippen molar-refractivity contribution in [3.8, 4) is 0 Å². The Morgan fingerprint density at radius 2 is 0.627 bits per heavy atom. The largest absolute Gasteiger partial charge is 0.462 e. The van der Waals surface area contributed by atoms with Crippen molar-refractivity contribution in [3.63, 3.8) is 0 Å². The van der Waals surface area contributed by atoms with Crippen molar-refractivity contribution in [1.82, 2.24) is 0 Å². The third kappa shape index (κ3) is 53.4. The number of carbonyl (C=O) groups is 3. The van der Waals surface area contributed by atoms with Crippen molar-refractivity contribution in [2.24, 2.45) is 0 Å². The van der Waals surface area contributed by atoms with Crippen LogP contribution in [0.1, 0.15) is 265 Å². The molecule has 6 nitrogen and oxygen atoms in total. The first-order chi connectivity index (χ1) is 33.0. The molecule has 0 aromatic rings. The minimum Gasteiger partial charge on any atom is -0.462 e. The maximum Gasteiger partial charge on any atom is 0.310 e. The Hall–Kier alpha value is -3.41. The van der Waals surface area contributed by atoms with Gasteiger partial charge < -0.3 is 14.2 Å². The number of esters is 3. The van der Waals surface area contributed by atoms with Gasteiger partial charge >= 0.3 is 17.9 Å². The Morgan fingerprint density at radius 3 is 0.985 bits per heavy atom. The maximum absolute atomic E-state index is 12.7. The lowest BCUT2D eigenvalue weighted by atomic mass is 10.0. The fourth-order valence-electron chi connectivity index (χ4n) is 7.73. The lowest BCUT2D eigenvalue weighted by Gasteiger charge is -2.18. The molecule has 0 amide bonds. The standard InChI is InChI=1S/C61H104O6/c1-4-7-10-13-16-19-21-23-25-26-27-28-29-30-31-32-33-34-36-37-39-42-45-48-51-54-60(63)66-57-58(56-65-59(62)53-50-47-44-41-18-15-12-9-6-3)67-61(64)55-52-49-46-43-40-38-35-24-22-20-17-14-11-8-5-2/h8,11,17,20-21,23-24,26-27,35,40,43,49,52,58H,4-7,9-10,12-16,18-19,22,25,28-34,36-39,41-42,44-48,50-51,53-57H2,1-3H3/b11-8-,20-17-,23-21-,27-26-,35-24-,43-40-,52-49-. The van der Waals surface area contributed by atoms with Crippen LogP contribution in [0, 0.1) is 0 Å². The van der Waals surface area contributed by atoms with Crippen LogP contribution >= 0.6 is 0 Å². The van der Waals surface area contributed by atoms with Crippen LogP contribution in [0.15, 0.2) is 85.1 Å². The molecule has 0 rings (SSSR count). The van der Waals surface area contributed by atoms with Crippen molar-refractivity contribution in [3.05, 3.63) is 85.1 Å². The van der Waals surface area contributed by atoms with E-state index in [2.05, 4.69) is 93.7 Å². The third-order valence-electron chi connectivity index (χ3n) is 11.9. The summed E-state index contributed by atoms with van der Waals surface area (Å²) in [5, 5.41) is 0. The van der Waals surface area contributed by atoms with Crippen LogP contribution in [0.5, 0.6) is 0 Å². The van der Waals surface area contributed by atoms with E-state index in [0.29, 0.717) is 12.8 Å². The van der Waals surface area contributed by atoms with E-state index in [-0.39, 0.29) is 31.6 Å². The molecule has 0 spiro atoms. The first kappa shape index (κ1) is 63.6. The van der Waals surface area contributed by atoms with Gasteiger partial charge in [-0.25, -0.2) is 0 Å². The molecular formula is C61H104O6. The van der Waals surface area contributed by atoms with Crippen molar-refractivity contribution < 1.29 is 28.6 Å². The van der Waals surface area contributed by atoms with Crippen LogP contribution in [-0.2, 0) is 28.6 Å². The molecule has 0 aromatic heterocycles. The average molecular weight is 933 g/mol. The normalized spacial score (nSPS) is 12.7. The van der Waals surface area contributed by atoms with Crippen LogP contribution in [-0.4, -0.2) is 37.2 Å². The fourth-order valence-corrected chi connectivity index (χ4v) is 7.73. The Balaban J connectivity index is 4.28. The van der Waals surface area contributed by atoms with E-state index in [1.807, 2.05) is 6.08 Å². The van der Waals surface area contributed by atoms with E-state index < -0.39 is 12.1 Å². The number of hydrogen-bond acceptors (Lipinski definition) is 6. The van der Waals surface area contributed by atoms with E-state index in [1.165, 1.54) is 148 Å². The fraction of sp³-hybridized carbons (Fsp3) is 0.721. The van der Waals surface area contributed by atoms with E-state index >= 15 is 0 Å². The Labute approximate surface area is 414 Å². The van der Waals surface area contributed by atoms with Crippen molar-refractivity contribution in [1.29, 1.82) is 0 Å². The van der Waals surface area contributed by atoms with Crippen LogP contribution in [0.3, 0.4) is 0 Å². The van der Waals surface area contributed by atoms with Gasteiger partial charge in [-0.2, -0.15) is 0 Å². The van der Waals surface area contributed by atoms with Crippen LogP contribution in [0.25, 0.3) is 0 Å². The molecule has 0 fully saturated rings. The van der Waals surface area contributed by atoms with Crippen LogP contribution in [0.4, 0.5) is 0 Å². The van der Waals surface area contributed by atoms with Gasteiger partial charge in [-0.3, -0.25) is 14.4 Å². The number of carbonyl (C=O) groups excluding carboxylic acids is 3. The van der Waals surface area contributed by atoms with Gasteiger partial charge in [-0.05, 0) is 77.0 Å². The first-order valence-corrected chi connectivity index (χ1v) is 28.1. The predicted octanol–water partition coefficient (Wildman–Crippen LogP) is 18.8. The van der Waals surface area contributed by atoms with E-state index in [4.69, 9.17) is 14.2 Å². The summed E-state index contributed by atoms with van der Waals surface area (Å²) < 4.78 is 16.7. The Morgan fingerprint density at radius 1 is 0.328 bits per heavy atom. The molecule has 0 saturated heterocycles. The number of unbranched alkanes of at least 4 members (excludes halogenated alkanes) is 26. The molecule has 1 atom stereocenters. The lowest BCUT2D eigenvalue weighted by molar-refractivity contribution is -0.166. The number of ether oxygens (including phenoxy) is 3. The van der Waals surface area contributed by atoms with E-state index in [1.54, 1.807) is 6.08 Å². The minimum atomic E-state index is -0.828. The zero-order chi connectivity index (χ0) is 48.6. The molecule has 0 aliphatic rings. The summed E-state index contributed by atoms with van der Waals surface area (Å²) in [6.07, 6.45) is 71.9. The highest BCUT2D eigenvalue weighted by atomic mass is 16.6. The molecule has 0 N–H and O–H groups in total. The average Bonchev–Trinajstić information content (AvgIpc) is 3.33. The van der Waals surface area contributed by atoms with Gasteiger partial charge in [-0.15, -0.1) is 0 Å². The summed E-state index contributed by atoms with van der Waals surface area (Å²) >= 11 is 0. The number of rotatable bonds is 50. The summed E-state index contributed by atoms with van der Waals surface area (Å²) in [5.41, 5.74) is 0.